The lowest BCUT2D eigenvalue weighted by Crippen LogP contribution is -2.19. The third kappa shape index (κ3) is 2.23. The summed E-state index contributed by atoms with van der Waals surface area (Å²) in [6.45, 7) is 0.476. The number of fused-ring (bicyclic) bond motifs is 1. The van der Waals surface area contributed by atoms with Crippen molar-refractivity contribution in [3.63, 3.8) is 0 Å². The summed E-state index contributed by atoms with van der Waals surface area (Å²) >= 11 is 1.56. The number of nitrogens with zero attached hydrogens (tertiary/aromatic N) is 1. The smallest absolute Gasteiger partial charge is 0.259 e. The molecule has 0 aliphatic carbocycles. The van der Waals surface area contributed by atoms with Crippen molar-refractivity contribution in [1.82, 2.24) is 4.57 Å². The topological polar surface area (TPSA) is 65.1 Å². The summed E-state index contributed by atoms with van der Waals surface area (Å²) in [6.07, 6.45) is 1.79. The minimum absolute atomic E-state index is 0.00253. The van der Waals surface area contributed by atoms with Crippen LogP contribution in [-0.4, -0.2) is 10.5 Å². The first-order chi connectivity index (χ1) is 9.65. The molecule has 0 atom stereocenters. The molecule has 3 aromatic rings. The Hall–Kier alpha value is -2.40. The number of primary amides is 1. The van der Waals surface area contributed by atoms with Gasteiger partial charge in [-0.25, -0.2) is 0 Å². The van der Waals surface area contributed by atoms with Gasteiger partial charge >= 0.3 is 0 Å². The van der Waals surface area contributed by atoms with E-state index in [-0.39, 0.29) is 5.56 Å². The zero-order valence-corrected chi connectivity index (χ0v) is 11.4. The van der Waals surface area contributed by atoms with Crippen molar-refractivity contribution in [3.8, 4) is 0 Å². The van der Waals surface area contributed by atoms with Crippen molar-refractivity contribution in [2.24, 2.45) is 5.73 Å². The Balaban J connectivity index is 1.94. The molecule has 0 aliphatic heterocycles. The summed E-state index contributed by atoms with van der Waals surface area (Å²) in [7, 11) is 0. The summed E-state index contributed by atoms with van der Waals surface area (Å²) in [6, 6.07) is 10.8. The second-order valence-electron chi connectivity index (χ2n) is 4.51. The maximum absolute atomic E-state index is 12.3. The quantitative estimate of drug-likeness (QED) is 0.801. The third-order valence-corrected chi connectivity index (χ3v) is 4.07. The molecule has 0 radical (unpaired) electrons. The van der Waals surface area contributed by atoms with Gasteiger partial charge in [0.25, 0.3) is 5.56 Å². The van der Waals surface area contributed by atoms with E-state index in [9.17, 15) is 9.59 Å². The Morgan fingerprint density at radius 1 is 1.15 bits per heavy atom. The van der Waals surface area contributed by atoms with Crippen LogP contribution in [-0.2, 0) is 6.54 Å². The maximum atomic E-state index is 12.3. The van der Waals surface area contributed by atoms with Crippen molar-refractivity contribution in [3.05, 3.63) is 69.5 Å². The van der Waals surface area contributed by atoms with E-state index in [1.807, 2.05) is 29.6 Å². The highest BCUT2D eigenvalue weighted by Gasteiger charge is 2.05. The fourth-order valence-corrected chi connectivity index (χ4v) is 2.87. The van der Waals surface area contributed by atoms with Crippen molar-refractivity contribution in [2.75, 3.05) is 0 Å². The van der Waals surface area contributed by atoms with E-state index in [2.05, 4.69) is 0 Å². The minimum Gasteiger partial charge on any atom is -0.366 e. The number of thiophene rings is 1. The summed E-state index contributed by atoms with van der Waals surface area (Å²) in [5, 5.41) is 2.66. The molecular formula is C15H12N2O2S. The Kier molecular flexibility index (Phi) is 3.12. The molecule has 2 heterocycles. The van der Waals surface area contributed by atoms with Crippen molar-refractivity contribution < 1.29 is 4.79 Å². The number of hydrogen-bond acceptors (Lipinski definition) is 3. The number of nitrogens with two attached hydrogens (primary N) is 1. The molecule has 20 heavy (non-hydrogen) atoms. The minimum atomic E-state index is -0.451. The highest BCUT2D eigenvalue weighted by atomic mass is 32.1. The predicted molar refractivity (Wildman–Crippen MR) is 80.1 cm³/mol. The molecule has 0 unspecified atom stereocenters. The Morgan fingerprint density at radius 2 is 1.90 bits per heavy atom. The van der Waals surface area contributed by atoms with Crippen LogP contribution in [0.1, 0.15) is 15.9 Å². The molecule has 0 spiro atoms. The number of amides is 1. The summed E-state index contributed by atoms with van der Waals surface area (Å²) in [5.41, 5.74) is 6.62. The van der Waals surface area contributed by atoms with Gasteiger partial charge in [-0.05, 0) is 35.2 Å². The van der Waals surface area contributed by atoms with Crippen LogP contribution in [0, 0.1) is 0 Å². The lowest BCUT2D eigenvalue weighted by molar-refractivity contribution is 0.100. The van der Waals surface area contributed by atoms with Gasteiger partial charge in [-0.15, -0.1) is 11.3 Å². The molecule has 3 rings (SSSR count). The van der Waals surface area contributed by atoms with E-state index in [1.54, 1.807) is 34.2 Å². The fraction of sp³-hybridized carbons (Fsp3) is 0.0667. The molecule has 5 heteroatoms. The zero-order valence-electron chi connectivity index (χ0n) is 10.6. The predicted octanol–water partition coefficient (Wildman–Crippen LogP) is 2.21. The Bertz CT molecular complexity index is 831. The van der Waals surface area contributed by atoms with E-state index in [1.165, 1.54) is 0 Å². The monoisotopic (exact) mass is 284 g/mol. The number of hydrogen-bond donors (Lipinski definition) is 1. The lowest BCUT2D eigenvalue weighted by atomic mass is 10.1. The van der Waals surface area contributed by atoms with Crippen LogP contribution in [0.4, 0.5) is 0 Å². The number of carbonyl (C=O) groups is 1. The molecular weight excluding hydrogens is 272 g/mol. The molecule has 2 N–H and O–H groups in total. The van der Waals surface area contributed by atoms with Crippen LogP contribution in [0.3, 0.4) is 0 Å². The standard InChI is InChI=1S/C15H12N2O2S/c16-14(18)11-3-1-10(2-4-11)9-17-7-5-13-12(15(17)19)6-8-20-13/h1-8H,9H2,(H2,16,18). The molecule has 0 aliphatic rings. The van der Waals surface area contributed by atoms with Crippen molar-refractivity contribution in [1.29, 1.82) is 0 Å². The number of aromatic nitrogens is 1. The Labute approximate surface area is 119 Å². The van der Waals surface area contributed by atoms with E-state index >= 15 is 0 Å². The number of pyridine rings is 1. The number of rotatable bonds is 3. The summed E-state index contributed by atoms with van der Waals surface area (Å²) in [4.78, 5) is 23.3. The summed E-state index contributed by atoms with van der Waals surface area (Å²) in [5.74, 6) is -0.451. The molecule has 2 aromatic heterocycles. The number of benzene rings is 1. The van der Waals surface area contributed by atoms with E-state index < -0.39 is 5.91 Å². The zero-order chi connectivity index (χ0) is 14.1. The van der Waals surface area contributed by atoms with Gasteiger partial charge in [0.2, 0.25) is 5.91 Å². The molecule has 0 saturated heterocycles. The first-order valence-electron chi connectivity index (χ1n) is 6.10. The third-order valence-electron chi connectivity index (χ3n) is 3.18. The molecule has 0 fully saturated rings. The van der Waals surface area contributed by atoms with Crippen LogP contribution < -0.4 is 11.3 Å². The van der Waals surface area contributed by atoms with Gasteiger partial charge in [-0.1, -0.05) is 12.1 Å². The first kappa shape index (κ1) is 12.6. The van der Waals surface area contributed by atoms with Crippen LogP contribution in [0.5, 0.6) is 0 Å². The van der Waals surface area contributed by atoms with Crippen LogP contribution in [0.2, 0.25) is 0 Å². The second-order valence-corrected chi connectivity index (χ2v) is 5.46. The molecule has 1 amide bonds. The van der Waals surface area contributed by atoms with Gasteiger partial charge < -0.3 is 10.3 Å². The average Bonchev–Trinajstić information content (AvgIpc) is 2.92. The van der Waals surface area contributed by atoms with Gasteiger partial charge in [-0.3, -0.25) is 9.59 Å². The van der Waals surface area contributed by atoms with Crippen LogP contribution in [0.15, 0.2) is 52.8 Å². The van der Waals surface area contributed by atoms with Crippen molar-refractivity contribution >= 4 is 27.3 Å². The van der Waals surface area contributed by atoms with Gasteiger partial charge in [0.05, 0.1) is 11.9 Å². The molecule has 4 nitrogen and oxygen atoms in total. The van der Waals surface area contributed by atoms with Crippen molar-refractivity contribution in [2.45, 2.75) is 6.54 Å². The van der Waals surface area contributed by atoms with Gasteiger partial charge in [0.15, 0.2) is 0 Å². The maximum Gasteiger partial charge on any atom is 0.259 e. The van der Waals surface area contributed by atoms with E-state index in [4.69, 9.17) is 5.73 Å². The highest BCUT2D eigenvalue weighted by molar-refractivity contribution is 7.17. The fourth-order valence-electron chi connectivity index (χ4n) is 2.10. The molecule has 0 saturated carbocycles. The average molecular weight is 284 g/mol. The first-order valence-corrected chi connectivity index (χ1v) is 6.98. The van der Waals surface area contributed by atoms with Crippen LogP contribution >= 0.6 is 11.3 Å². The van der Waals surface area contributed by atoms with Gasteiger partial charge in [0, 0.05) is 16.5 Å². The second kappa shape index (κ2) is 4.94. The lowest BCUT2D eigenvalue weighted by Gasteiger charge is -2.06. The SMILES string of the molecule is NC(=O)c1ccc(Cn2ccc3sccc3c2=O)cc1. The molecule has 0 bridgehead atoms. The number of carbonyl (C=O) groups excluding carboxylic acids is 1. The normalized spacial score (nSPS) is 10.8. The van der Waals surface area contributed by atoms with Crippen LogP contribution in [0.25, 0.3) is 10.1 Å². The summed E-state index contributed by atoms with van der Waals surface area (Å²) < 4.78 is 2.66. The van der Waals surface area contributed by atoms with Gasteiger partial charge in [-0.2, -0.15) is 0 Å². The molecule has 100 valence electrons. The van der Waals surface area contributed by atoms with Gasteiger partial charge in [0.1, 0.15) is 0 Å². The largest absolute Gasteiger partial charge is 0.366 e. The van der Waals surface area contributed by atoms with E-state index in [0.717, 1.165) is 15.6 Å². The highest BCUT2D eigenvalue weighted by Crippen LogP contribution is 2.16. The molecule has 1 aromatic carbocycles. The Morgan fingerprint density at radius 3 is 2.60 bits per heavy atom. The van der Waals surface area contributed by atoms with E-state index in [0.29, 0.717) is 12.1 Å².